The zero-order chi connectivity index (χ0) is 11.4. The first-order valence-corrected chi connectivity index (χ1v) is 5.46. The highest BCUT2D eigenvalue weighted by molar-refractivity contribution is 5.79. The monoisotopic (exact) mass is 219 g/mol. The Balaban J connectivity index is 1.97. The molecule has 5 nitrogen and oxygen atoms in total. The fraction of sp³-hybridized carbons (Fsp3) is 0.455. The molecule has 0 radical (unpaired) electrons. The van der Waals surface area contributed by atoms with Crippen molar-refractivity contribution in [2.75, 3.05) is 0 Å². The summed E-state index contributed by atoms with van der Waals surface area (Å²) in [5, 5.41) is 3.22. The van der Waals surface area contributed by atoms with Crippen molar-refractivity contribution in [2.45, 2.75) is 32.4 Å². The van der Waals surface area contributed by atoms with Crippen LogP contribution in [-0.4, -0.2) is 17.0 Å². The van der Waals surface area contributed by atoms with Gasteiger partial charge in [0.2, 0.25) is 5.96 Å². The quantitative estimate of drug-likeness (QED) is 0.299. The SMILES string of the molecule is Cc1ccncc1CN=C(NN)NC1CC1. The van der Waals surface area contributed by atoms with Crippen LogP contribution in [0, 0.1) is 6.92 Å². The fourth-order valence-electron chi connectivity index (χ4n) is 1.38. The van der Waals surface area contributed by atoms with Crippen molar-refractivity contribution in [2.24, 2.45) is 10.8 Å². The summed E-state index contributed by atoms with van der Waals surface area (Å²) in [5.41, 5.74) is 4.90. The highest BCUT2D eigenvalue weighted by atomic mass is 15.3. The molecule has 86 valence electrons. The maximum Gasteiger partial charge on any atom is 0.206 e. The smallest absolute Gasteiger partial charge is 0.206 e. The van der Waals surface area contributed by atoms with Crippen molar-refractivity contribution < 1.29 is 0 Å². The first-order valence-electron chi connectivity index (χ1n) is 5.46. The second-order valence-corrected chi connectivity index (χ2v) is 4.03. The van der Waals surface area contributed by atoms with Gasteiger partial charge in [-0.15, -0.1) is 0 Å². The average Bonchev–Trinajstić information content (AvgIpc) is 3.10. The van der Waals surface area contributed by atoms with Crippen LogP contribution in [0.5, 0.6) is 0 Å². The van der Waals surface area contributed by atoms with Crippen LogP contribution in [0.2, 0.25) is 0 Å². The molecule has 0 saturated heterocycles. The Kier molecular flexibility index (Phi) is 3.36. The number of nitrogens with zero attached hydrogens (tertiary/aromatic N) is 2. The number of rotatable bonds is 3. The van der Waals surface area contributed by atoms with E-state index in [1.807, 2.05) is 12.3 Å². The van der Waals surface area contributed by atoms with E-state index < -0.39 is 0 Å². The zero-order valence-electron chi connectivity index (χ0n) is 9.40. The minimum atomic E-state index is 0.546. The van der Waals surface area contributed by atoms with Crippen LogP contribution in [0.4, 0.5) is 0 Å². The van der Waals surface area contributed by atoms with E-state index in [0.717, 1.165) is 5.56 Å². The Morgan fingerprint density at radius 2 is 2.44 bits per heavy atom. The Bertz CT molecular complexity index is 384. The summed E-state index contributed by atoms with van der Waals surface area (Å²) < 4.78 is 0. The predicted molar refractivity (Wildman–Crippen MR) is 63.6 cm³/mol. The maximum atomic E-state index is 5.39. The number of hydrazine groups is 1. The number of pyridine rings is 1. The third kappa shape index (κ3) is 2.93. The Labute approximate surface area is 95.1 Å². The standard InChI is InChI=1S/C11H17N5/c1-8-4-5-13-6-9(8)7-14-11(16-12)15-10-2-3-10/h4-6,10H,2-3,7,12H2,1H3,(H2,14,15,16). The molecule has 1 aliphatic rings. The van der Waals surface area contributed by atoms with Gasteiger partial charge in [0.1, 0.15) is 0 Å². The molecule has 0 amide bonds. The predicted octanol–water partition coefficient (Wildman–Crippen LogP) is 0.461. The molecule has 0 bridgehead atoms. The van der Waals surface area contributed by atoms with Gasteiger partial charge in [0, 0.05) is 18.4 Å². The molecule has 1 fully saturated rings. The summed E-state index contributed by atoms with van der Waals surface area (Å²) >= 11 is 0. The van der Waals surface area contributed by atoms with Crippen LogP contribution < -0.4 is 16.6 Å². The summed E-state index contributed by atoms with van der Waals surface area (Å²) in [6.45, 7) is 2.65. The molecule has 0 unspecified atom stereocenters. The van der Waals surface area contributed by atoms with Gasteiger partial charge in [0.25, 0.3) is 0 Å². The number of aryl methyl sites for hydroxylation is 1. The summed E-state index contributed by atoms with van der Waals surface area (Å²) in [4.78, 5) is 8.46. The lowest BCUT2D eigenvalue weighted by Gasteiger charge is -2.08. The number of nitrogens with one attached hydrogen (secondary N) is 2. The van der Waals surface area contributed by atoms with Gasteiger partial charge in [-0.3, -0.25) is 10.4 Å². The molecular formula is C11H17N5. The summed E-state index contributed by atoms with van der Waals surface area (Å²) in [5.74, 6) is 6.05. The van der Waals surface area contributed by atoms with Crippen molar-refractivity contribution in [1.29, 1.82) is 0 Å². The van der Waals surface area contributed by atoms with E-state index in [4.69, 9.17) is 5.84 Å². The van der Waals surface area contributed by atoms with Crippen LogP contribution in [0.1, 0.15) is 24.0 Å². The van der Waals surface area contributed by atoms with E-state index in [9.17, 15) is 0 Å². The van der Waals surface area contributed by atoms with E-state index in [2.05, 4.69) is 27.6 Å². The molecule has 0 aliphatic heterocycles. The summed E-state index contributed by atoms with van der Waals surface area (Å²) in [7, 11) is 0. The molecule has 1 saturated carbocycles. The molecule has 16 heavy (non-hydrogen) atoms. The molecule has 0 aromatic carbocycles. The van der Waals surface area contributed by atoms with Crippen molar-refractivity contribution in [3.63, 3.8) is 0 Å². The lowest BCUT2D eigenvalue weighted by atomic mass is 10.2. The lowest BCUT2D eigenvalue weighted by Crippen LogP contribution is -2.42. The highest BCUT2D eigenvalue weighted by Gasteiger charge is 2.21. The first-order chi connectivity index (χ1) is 7.79. The molecule has 0 spiro atoms. The van der Waals surface area contributed by atoms with Gasteiger partial charge in [-0.2, -0.15) is 0 Å². The van der Waals surface area contributed by atoms with Gasteiger partial charge in [-0.1, -0.05) is 0 Å². The number of hydrogen-bond donors (Lipinski definition) is 3. The molecule has 0 atom stereocenters. The molecule has 2 rings (SSSR count). The number of hydrogen-bond acceptors (Lipinski definition) is 3. The number of guanidine groups is 1. The third-order valence-corrected chi connectivity index (χ3v) is 2.61. The van der Waals surface area contributed by atoms with Gasteiger partial charge < -0.3 is 5.32 Å². The lowest BCUT2D eigenvalue weighted by molar-refractivity contribution is 0.819. The topological polar surface area (TPSA) is 75.3 Å². The van der Waals surface area contributed by atoms with E-state index in [1.54, 1.807) is 6.20 Å². The minimum absolute atomic E-state index is 0.546. The van der Waals surface area contributed by atoms with Crippen LogP contribution in [0.25, 0.3) is 0 Å². The van der Waals surface area contributed by atoms with Crippen molar-refractivity contribution in [1.82, 2.24) is 15.7 Å². The molecular weight excluding hydrogens is 202 g/mol. The van der Waals surface area contributed by atoms with Crippen molar-refractivity contribution >= 4 is 5.96 Å². The molecule has 1 aliphatic carbocycles. The van der Waals surface area contributed by atoms with E-state index in [0.29, 0.717) is 18.5 Å². The van der Waals surface area contributed by atoms with Gasteiger partial charge in [-0.25, -0.2) is 10.8 Å². The van der Waals surface area contributed by atoms with Gasteiger partial charge in [-0.05, 0) is 37.0 Å². The third-order valence-electron chi connectivity index (χ3n) is 2.61. The average molecular weight is 219 g/mol. The van der Waals surface area contributed by atoms with Crippen LogP contribution in [0.15, 0.2) is 23.5 Å². The number of aromatic nitrogens is 1. The van der Waals surface area contributed by atoms with E-state index in [-0.39, 0.29) is 0 Å². The second kappa shape index (κ2) is 4.94. The minimum Gasteiger partial charge on any atom is -0.353 e. The van der Waals surface area contributed by atoms with Crippen LogP contribution >= 0.6 is 0 Å². The van der Waals surface area contributed by atoms with Crippen LogP contribution in [0.3, 0.4) is 0 Å². The number of aliphatic imine (C=N–C) groups is 1. The maximum absolute atomic E-state index is 5.39. The van der Waals surface area contributed by atoms with Crippen molar-refractivity contribution in [3.05, 3.63) is 29.6 Å². The Morgan fingerprint density at radius 3 is 3.06 bits per heavy atom. The number of nitrogens with two attached hydrogens (primary N) is 1. The molecule has 1 heterocycles. The van der Waals surface area contributed by atoms with Gasteiger partial charge in [0.05, 0.1) is 6.54 Å². The molecule has 5 heteroatoms. The highest BCUT2D eigenvalue weighted by Crippen LogP contribution is 2.18. The van der Waals surface area contributed by atoms with Gasteiger partial charge in [0.15, 0.2) is 0 Å². The largest absolute Gasteiger partial charge is 0.353 e. The fourth-order valence-corrected chi connectivity index (χ4v) is 1.38. The van der Waals surface area contributed by atoms with Crippen molar-refractivity contribution in [3.8, 4) is 0 Å². The first kappa shape index (κ1) is 10.9. The second-order valence-electron chi connectivity index (χ2n) is 4.03. The molecule has 1 aromatic heterocycles. The Hall–Kier alpha value is -1.62. The Morgan fingerprint density at radius 1 is 1.62 bits per heavy atom. The summed E-state index contributed by atoms with van der Waals surface area (Å²) in [6.07, 6.45) is 6.02. The van der Waals surface area contributed by atoms with Gasteiger partial charge >= 0.3 is 0 Å². The molecule has 1 aromatic rings. The van der Waals surface area contributed by atoms with E-state index >= 15 is 0 Å². The normalized spacial score (nSPS) is 16.0. The van der Waals surface area contributed by atoms with Crippen LogP contribution in [-0.2, 0) is 6.54 Å². The zero-order valence-corrected chi connectivity index (χ0v) is 9.40. The summed E-state index contributed by atoms with van der Waals surface area (Å²) in [6, 6.07) is 2.53. The molecule has 4 N–H and O–H groups in total. The van der Waals surface area contributed by atoms with E-state index in [1.165, 1.54) is 18.4 Å².